The van der Waals surface area contributed by atoms with Crippen molar-refractivity contribution in [2.24, 2.45) is 0 Å². The first-order valence-electron chi connectivity index (χ1n) is 8.42. The zero-order chi connectivity index (χ0) is 18.3. The molecule has 0 spiro atoms. The summed E-state index contributed by atoms with van der Waals surface area (Å²) in [6, 6.07) is 12.6. The second-order valence-electron chi connectivity index (χ2n) is 6.40. The van der Waals surface area contributed by atoms with Gasteiger partial charge >= 0.3 is 5.97 Å². The third-order valence-electron chi connectivity index (χ3n) is 4.92. The molecule has 0 aliphatic carbocycles. The summed E-state index contributed by atoms with van der Waals surface area (Å²) in [6.45, 7) is 0. The maximum absolute atomic E-state index is 11.7. The molecule has 0 saturated carbocycles. The Labute approximate surface area is 150 Å². The van der Waals surface area contributed by atoms with Crippen LogP contribution in [-0.4, -0.2) is 36.3 Å². The van der Waals surface area contributed by atoms with Crippen LogP contribution in [0.25, 0.3) is 10.9 Å². The quantitative estimate of drug-likeness (QED) is 0.672. The highest BCUT2D eigenvalue weighted by Gasteiger charge is 2.34. The Hall–Kier alpha value is -2.99. The molecule has 0 amide bonds. The molecule has 2 unspecified atom stereocenters. The number of nitrogens with one attached hydrogen (secondary N) is 2. The minimum absolute atomic E-state index is 0.295. The number of H-pyrrole nitrogens is 1. The minimum atomic E-state index is -0.860. The van der Waals surface area contributed by atoms with E-state index in [1.54, 1.807) is 20.3 Å². The van der Waals surface area contributed by atoms with E-state index >= 15 is 0 Å². The number of aromatic amines is 1. The zero-order valence-corrected chi connectivity index (χ0v) is 14.6. The lowest BCUT2D eigenvalue weighted by Gasteiger charge is -2.30. The molecular formula is C20H20N2O4. The Morgan fingerprint density at radius 3 is 2.46 bits per heavy atom. The second kappa shape index (κ2) is 6.38. The van der Waals surface area contributed by atoms with E-state index in [0.29, 0.717) is 17.9 Å². The van der Waals surface area contributed by atoms with Gasteiger partial charge in [0.25, 0.3) is 0 Å². The summed E-state index contributed by atoms with van der Waals surface area (Å²) >= 11 is 0. The molecule has 0 saturated heterocycles. The van der Waals surface area contributed by atoms with E-state index in [-0.39, 0.29) is 6.04 Å². The van der Waals surface area contributed by atoms with Crippen LogP contribution in [0.5, 0.6) is 11.5 Å². The Balaban J connectivity index is 1.90. The fraction of sp³-hybridized carbons (Fsp3) is 0.250. The SMILES string of the molecule is COc1cc(OC)cc(C2NC(C(=O)O)Cc3c2[nH]c2ccccc32)c1. The monoisotopic (exact) mass is 352 g/mol. The molecule has 0 bridgehead atoms. The van der Waals surface area contributed by atoms with E-state index in [2.05, 4.69) is 10.3 Å². The predicted molar refractivity (Wildman–Crippen MR) is 98.0 cm³/mol. The lowest BCUT2D eigenvalue weighted by atomic mass is 9.90. The minimum Gasteiger partial charge on any atom is -0.497 e. The van der Waals surface area contributed by atoms with Crippen LogP contribution in [-0.2, 0) is 11.2 Å². The van der Waals surface area contributed by atoms with Gasteiger partial charge in [0.1, 0.15) is 17.5 Å². The van der Waals surface area contributed by atoms with Gasteiger partial charge in [-0.3, -0.25) is 10.1 Å². The molecule has 1 aliphatic rings. The highest BCUT2D eigenvalue weighted by Crippen LogP contribution is 2.37. The number of fused-ring (bicyclic) bond motifs is 3. The van der Waals surface area contributed by atoms with Gasteiger partial charge < -0.3 is 19.6 Å². The van der Waals surface area contributed by atoms with Gasteiger partial charge in [-0.25, -0.2) is 0 Å². The van der Waals surface area contributed by atoms with E-state index in [0.717, 1.165) is 27.7 Å². The van der Waals surface area contributed by atoms with Crippen LogP contribution in [0, 0.1) is 0 Å². The Kier molecular flexibility index (Phi) is 4.05. The number of aliphatic carboxylic acids is 1. The van der Waals surface area contributed by atoms with Crippen molar-refractivity contribution in [1.29, 1.82) is 0 Å². The first kappa shape index (κ1) is 16.5. The van der Waals surface area contributed by atoms with Crippen LogP contribution >= 0.6 is 0 Å². The molecule has 1 aromatic heterocycles. The van der Waals surface area contributed by atoms with Crippen molar-refractivity contribution in [1.82, 2.24) is 10.3 Å². The fourth-order valence-electron chi connectivity index (χ4n) is 3.65. The molecule has 3 N–H and O–H groups in total. The van der Waals surface area contributed by atoms with Gasteiger partial charge in [-0.2, -0.15) is 0 Å². The van der Waals surface area contributed by atoms with Crippen LogP contribution < -0.4 is 14.8 Å². The second-order valence-corrected chi connectivity index (χ2v) is 6.40. The van der Waals surface area contributed by atoms with E-state index in [1.165, 1.54) is 0 Å². The number of ether oxygens (including phenoxy) is 2. The molecule has 6 nitrogen and oxygen atoms in total. The largest absolute Gasteiger partial charge is 0.497 e. The van der Waals surface area contributed by atoms with Gasteiger partial charge in [-0.05, 0) is 29.3 Å². The van der Waals surface area contributed by atoms with Crippen LogP contribution in [0.1, 0.15) is 22.9 Å². The molecule has 0 fully saturated rings. The highest BCUT2D eigenvalue weighted by atomic mass is 16.5. The Morgan fingerprint density at radius 2 is 1.81 bits per heavy atom. The molecule has 0 radical (unpaired) electrons. The number of carbonyl (C=O) groups is 1. The molecular weight excluding hydrogens is 332 g/mol. The normalized spacial score (nSPS) is 19.2. The number of para-hydroxylation sites is 1. The third-order valence-corrected chi connectivity index (χ3v) is 4.92. The smallest absolute Gasteiger partial charge is 0.321 e. The van der Waals surface area contributed by atoms with E-state index in [4.69, 9.17) is 9.47 Å². The van der Waals surface area contributed by atoms with Gasteiger partial charge in [-0.15, -0.1) is 0 Å². The van der Waals surface area contributed by atoms with Crippen LogP contribution in [0.4, 0.5) is 0 Å². The van der Waals surface area contributed by atoms with Gasteiger partial charge in [0, 0.05) is 29.1 Å². The lowest BCUT2D eigenvalue weighted by molar-refractivity contribution is -0.139. The van der Waals surface area contributed by atoms with Crippen molar-refractivity contribution in [3.05, 3.63) is 59.3 Å². The van der Waals surface area contributed by atoms with Crippen molar-refractivity contribution < 1.29 is 19.4 Å². The van der Waals surface area contributed by atoms with Crippen molar-refractivity contribution in [2.45, 2.75) is 18.5 Å². The fourth-order valence-corrected chi connectivity index (χ4v) is 3.65. The lowest BCUT2D eigenvalue weighted by Crippen LogP contribution is -2.44. The number of carboxylic acid groups (broad SMARTS) is 1. The van der Waals surface area contributed by atoms with Crippen LogP contribution in [0.3, 0.4) is 0 Å². The Morgan fingerprint density at radius 1 is 1.12 bits per heavy atom. The average Bonchev–Trinajstić information content (AvgIpc) is 3.05. The van der Waals surface area contributed by atoms with Crippen molar-refractivity contribution in [3.8, 4) is 11.5 Å². The van der Waals surface area contributed by atoms with Crippen molar-refractivity contribution in [2.75, 3.05) is 14.2 Å². The standard InChI is InChI=1S/C20H20N2O4/c1-25-12-7-11(8-13(9-12)26-2)18-19-15(10-17(22-18)20(23)24)14-5-3-4-6-16(14)21-19/h3-9,17-18,21-22H,10H2,1-2H3,(H,23,24). The number of carboxylic acids is 1. The van der Waals surface area contributed by atoms with E-state index in [1.807, 2.05) is 36.4 Å². The van der Waals surface area contributed by atoms with Crippen molar-refractivity contribution in [3.63, 3.8) is 0 Å². The summed E-state index contributed by atoms with van der Waals surface area (Å²) in [5.74, 6) is 0.466. The zero-order valence-electron chi connectivity index (χ0n) is 14.6. The summed E-state index contributed by atoms with van der Waals surface area (Å²) < 4.78 is 10.8. The highest BCUT2D eigenvalue weighted by molar-refractivity contribution is 5.87. The topological polar surface area (TPSA) is 83.6 Å². The third kappa shape index (κ3) is 2.68. The van der Waals surface area contributed by atoms with Crippen LogP contribution in [0.15, 0.2) is 42.5 Å². The number of aromatic nitrogens is 1. The number of methoxy groups -OCH3 is 2. The molecule has 4 rings (SSSR count). The number of hydrogen-bond donors (Lipinski definition) is 3. The Bertz CT molecular complexity index is 957. The summed E-state index contributed by atoms with van der Waals surface area (Å²) in [4.78, 5) is 15.2. The van der Waals surface area contributed by atoms with Crippen LogP contribution in [0.2, 0.25) is 0 Å². The van der Waals surface area contributed by atoms with Gasteiger partial charge in [0.05, 0.1) is 20.3 Å². The molecule has 26 heavy (non-hydrogen) atoms. The average molecular weight is 352 g/mol. The molecule has 2 atom stereocenters. The maximum Gasteiger partial charge on any atom is 0.321 e. The summed E-state index contributed by atoms with van der Waals surface area (Å²) in [6.07, 6.45) is 0.437. The van der Waals surface area contributed by atoms with Gasteiger partial charge in [-0.1, -0.05) is 18.2 Å². The number of hydrogen-bond acceptors (Lipinski definition) is 4. The molecule has 2 heterocycles. The van der Waals surface area contributed by atoms with E-state index in [9.17, 15) is 9.90 Å². The number of rotatable bonds is 4. The molecule has 3 aromatic rings. The van der Waals surface area contributed by atoms with Gasteiger partial charge in [0.2, 0.25) is 0 Å². The summed E-state index contributed by atoms with van der Waals surface area (Å²) in [7, 11) is 3.20. The molecule has 2 aromatic carbocycles. The predicted octanol–water partition coefficient (Wildman–Crippen LogP) is 2.87. The van der Waals surface area contributed by atoms with Gasteiger partial charge in [0.15, 0.2) is 0 Å². The molecule has 134 valence electrons. The first-order valence-corrected chi connectivity index (χ1v) is 8.42. The summed E-state index contributed by atoms with van der Waals surface area (Å²) in [5.41, 5.74) is 3.92. The maximum atomic E-state index is 11.7. The molecule has 1 aliphatic heterocycles. The first-order chi connectivity index (χ1) is 12.6. The molecule has 6 heteroatoms. The van der Waals surface area contributed by atoms with Crippen molar-refractivity contribution >= 4 is 16.9 Å². The van der Waals surface area contributed by atoms with E-state index < -0.39 is 12.0 Å². The number of benzene rings is 2. The summed E-state index contributed by atoms with van der Waals surface area (Å²) in [5, 5.41) is 13.9.